The predicted octanol–water partition coefficient (Wildman–Crippen LogP) is 0.924. The summed E-state index contributed by atoms with van der Waals surface area (Å²) >= 11 is 0. The summed E-state index contributed by atoms with van der Waals surface area (Å²) in [5, 5.41) is 12.0. The number of rotatable bonds is 1. The van der Waals surface area contributed by atoms with Crippen molar-refractivity contribution in [2.24, 2.45) is 0 Å². The van der Waals surface area contributed by atoms with Gasteiger partial charge in [0.15, 0.2) is 0 Å². The van der Waals surface area contributed by atoms with Gasteiger partial charge >= 0.3 is 0 Å². The maximum Gasteiger partial charge on any atom is 0.257 e. The van der Waals surface area contributed by atoms with Crippen LogP contribution in [0, 0.1) is 0 Å². The Morgan fingerprint density at radius 1 is 1.40 bits per heavy atom. The molecule has 1 aliphatic rings. The fourth-order valence-electron chi connectivity index (χ4n) is 1.85. The maximum absolute atomic E-state index is 13.5. The SMILES string of the molecule is O[n+]1ccc([C@H]2CNCCC2(F)F)cc1. The molecule has 2 N–H and O–H groups in total. The molecule has 2 heterocycles. The van der Waals surface area contributed by atoms with Crippen molar-refractivity contribution in [3.05, 3.63) is 30.1 Å². The van der Waals surface area contributed by atoms with Gasteiger partial charge in [0.25, 0.3) is 5.92 Å². The molecule has 0 saturated carbocycles. The normalized spacial score (nSPS) is 25.1. The molecule has 1 saturated heterocycles. The monoisotopic (exact) mass is 215 g/mol. The quantitative estimate of drug-likeness (QED) is 0.540. The van der Waals surface area contributed by atoms with E-state index in [1.807, 2.05) is 0 Å². The molecule has 1 aromatic rings. The van der Waals surface area contributed by atoms with Crippen molar-refractivity contribution in [2.45, 2.75) is 18.3 Å². The average Bonchev–Trinajstić information content (AvgIpc) is 2.19. The molecular formula is C10H13F2N2O+. The summed E-state index contributed by atoms with van der Waals surface area (Å²) in [6.07, 6.45) is 2.59. The first kappa shape index (κ1) is 10.3. The Morgan fingerprint density at radius 2 is 2.07 bits per heavy atom. The van der Waals surface area contributed by atoms with Gasteiger partial charge in [-0.3, -0.25) is 5.21 Å². The summed E-state index contributed by atoms with van der Waals surface area (Å²) in [6, 6.07) is 3.04. The van der Waals surface area contributed by atoms with E-state index in [2.05, 4.69) is 5.32 Å². The first-order valence-electron chi connectivity index (χ1n) is 4.88. The van der Waals surface area contributed by atoms with E-state index < -0.39 is 11.8 Å². The fraction of sp³-hybridized carbons (Fsp3) is 0.500. The second-order valence-corrected chi connectivity index (χ2v) is 3.78. The predicted molar refractivity (Wildman–Crippen MR) is 49.0 cm³/mol. The Morgan fingerprint density at radius 3 is 2.67 bits per heavy atom. The number of hydrogen-bond acceptors (Lipinski definition) is 2. The van der Waals surface area contributed by atoms with Gasteiger partial charge in [0.2, 0.25) is 12.4 Å². The third-order valence-corrected chi connectivity index (χ3v) is 2.74. The molecular weight excluding hydrogens is 202 g/mol. The zero-order chi connectivity index (χ0) is 10.9. The molecule has 0 bridgehead atoms. The Hall–Kier alpha value is -1.23. The van der Waals surface area contributed by atoms with Crippen molar-refractivity contribution < 1.29 is 18.7 Å². The molecule has 3 nitrogen and oxygen atoms in total. The van der Waals surface area contributed by atoms with Crippen LogP contribution in [0.25, 0.3) is 0 Å². The third kappa shape index (κ3) is 2.07. The first-order valence-corrected chi connectivity index (χ1v) is 4.88. The molecule has 0 radical (unpaired) electrons. The van der Waals surface area contributed by atoms with Crippen LogP contribution in [0.4, 0.5) is 8.78 Å². The van der Waals surface area contributed by atoms with Crippen LogP contribution in [-0.4, -0.2) is 24.2 Å². The Labute approximate surface area is 86.3 Å². The summed E-state index contributed by atoms with van der Waals surface area (Å²) < 4.78 is 27.9. The van der Waals surface area contributed by atoms with Crippen molar-refractivity contribution in [3.8, 4) is 0 Å². The molecule has 1 atom stereocenters. The smallest absolute Gasteiger partial charge is 0.257 e. The van der Waals surface area contributed by atoms with Crippen LogP contribution < -0.4 is 10.0 Å². The van der Waals surface area contributed by atoms with E-state index in [1.54, 1.807) is 0 Å². The van der Waals surface area contributed by atoms with Crippen molar-refractivity contribution in [1.82, 2.24) is 5.32 Å². The molecule has 15 heavy (non-hydrogen) atoms. The molecule has 1 aromatic heterocycles. The molecule has 2 rings (SSSR count). The largest absolute Gasteiger partial charge is 0.316 e. The Bertz CT molecular complexity index is 340. The summed E-state index contributed by atoms with van der Waals surface area (Å²) in [4.78, 5) is 0. The highest BCUT2D eigenvalue weighted by molar-refractivity contribution is 5.19. The molecule has 1 aliphatic heterocycles. The highest BCUT2D eigenvalue weighted by Gasteiger charge is 2.42. The van der Waals surface area contributed by atoms with Crippen LogP contribution in [0.2, 0.25) is 0 Å². The van der Waals surface area contributed by atoms with Crippen LogP contribution in [-0.2, 0) is 0 Å². The van der Waals surface area contributed by atoms with Gasteiger partial charge in [-0.15, -0.1) is 0 Å². The number of hydrogen-bond donors (Lipinski definition) is 2. The van der Waals surface area contributed by atoms with Crippen molar-refractivity contribution in [3.63, 3.8) is 0 Å². The minimum atomic E-state index is -2.66. The van der Waals surface area contributed by atoms with E-state index in [0.29, 0.717) is 12.1 Å². The van der Waals surface area contributed by atoms with Crippen molar-refractivity contribution in [2.75, 3.05) is 13.1 Å². The molecule has 0 amide bonds. The highest BCUT2D eigenvalue weighted by Crippen LogP contribution is 2.37. The van der Waals surface area contributed by atoms with Gasteiger partial charge in [-0.1, -0.05) is 0 Å². The van der Waals surface area contributed by atoms with Crippen molar-refractivity contribution >= 4 is 0 Å². The zero-order valence-corrected chi connectivity index (χ0v) is 8.16. The molecule has 0 unspecified atom stereocenters. The molecule has 1 fully saturated rings. The van der Waals surface area contributed by atoms with Gasteiger partial charge in [0.05, 0.1) is 5.92 Å². The Balaban J connectivity index is 2.25. The molecule has 0 aromatic carbocycles. The van der Waals surface area contributed by atoms with Crippen LogP contribution in [0.15, 0.2) is 24.5 Å². The van der Waals surface area contributed by atoms with Crippen LogP contribution in [0.1, 0.15) is 17.9 Å². The van der Waals surface area contributed by atoms with Gasteiger partial charge in [-0.25, -0.2) is 8.78 Å². The number of nitrogens with zero attached hydrogens (tertiary/aromatic N) is 1. The lowest BCUT2D eigenvalue weighted by molar-refractivity contribution is -0.904. The van der Waals surface area contributed by atoms with E-state index >= 15 is 0 Å². The van der Waals surface area contributed by atoms with Crippen LogP contribution in [0.5, 0.6) is 0 Å². The van der Waals surface area contributed by atoms with Crippen LogP contribution >= 0.6 is 0 Å². The number of aromatic nitrogens is 1. The second-order valence-electron chi connectivity index (χ2n) is 3.78. The van der Waals surface area contributed by atoms with E-state index in [0.717, 1.165) is 4.73 Å². The number of alkyl halides is 2. The third-order valence-electron chi connectivity index (χ3n) is 2.74. The topological polar surface area (TPSA) is 36.1 Å². The lowest BCUT2D eigenvalue weighted by Gasteiger charge is -2.31. The first-order chi connectivity index (χ1) is 7.09. The van der Waals surface area contributed by atoms with Gasteiger partial charge in [0, 0.05) is 36.4 Å². The molecule has 0 spiro atoms. The van der Waals surface area contributed by atoms with Gasteiger partial charge in [-0.2, -0.15) is 0 Å². The number of pyridine rings is 1. The summed E-state index contributed by atoms with van der Waals surface area (Å²) in [5.41, 5.74) is 0.553. The Kier molecular flexibility index (Phi) is 2.56. The number of halogens is 2. The second kappa shape index (κ2) is 3.73. The van der Waals surface area contributed by atoms with E-state index in [4.69, 9.17) is 5.21 Å². The van der Waals surface area contributed by atoms with Crippen molar-refractivity contribution in [1.29, 1.82) is 0 Å². The molecule has 0 aliphatic carbocycles. The number of piperidine rings is 1. The fourth-order valence-corrected chi connectivity index (χ4v) is 1.85. The van der Waals surface area contributed by atoms with Gasteiger partial charge in [-0.05, 0) is 5.56 Å². The van der Waals surface area contributed by atoms with E-state index in [1.165, 1.54) is 24.5 Å². The average molecular weight is 215 g/mol. The number of nitrogens with one attached hydrogen (secondary N) is 1. The summed E-state index contributed by atoms with van der Waals surface area (Å²) in [6.45, 7) is 0.638. The molecule has 82 valence electrons. The maximum atomic E-state index is 13.5. The van der Waals surface area contributed by atoms with Gasteiger partial charge < -0.3 is 5.32 Å². The highest BCUT2D eigenvalue weighted by atomic mass is 19.3. The standard InChI is InChI=1S/C10H13F2N2O/c11-10(12)3-4-13-7-9(10)8-1-5-14(15)6-2-8/h1-2,5-6,9,13,15H,3-4,7H2/q+1/t9-/m1/s1. The van der Waals surface area contributed by atoms with Crippen LogP contribution in [0.3, 0.4) is 0 Å². The lowest BCUT2D eigenvalue weighted by atomic mass is 9.89. The van der Waals surface area contributed by atoms with E-state index in [9.17, 15) is 8.78 Å². The summed E-state index contributed by atoms with van der Waals surface area (Å²) in [7, 11) is 0. The van der Waals surface area contributed by atoms with E-state index in [-0.39, 0.29) is 13.0 Å². The molecule has 5 heteroatoms. The minimum Gasteiger partial charge on any atom is -0.316 e. The lowest BCUT2D eigenvalue weighted by Crippen LogP contribution is -2.43. The zero-order valence-electron chi connectivity index (χ0n) is 8.16. The van der Waals surface area contributed by atoms with Gasteiger partial charge in [0.1, 0.15) is 0 Å². The summed E-state index contributed by atoms with van der Waals surface area (Å²) in [5.74, 6) is -3.46. The minimum absolute atomic E-state index is 0.133.